The van der Waals surface area contributed by atoms with Gasteiger partial charge in [-0.3, -0.25) is 0 Å². The number of hydrogen-bond acceptors (Lipinski definition) is 9. The zero-order chi connectivity index (χ0) is 50.7. The third-order valence-electron chi connectivity index (χ3n) is 13.5. The van der Waals surface area contributed by atoms with E-state index in [2.05, 4.69) is 65.8 Å². The zero-order valence-corrected chi connectivity index (χ0v) is 47.6. The molecular weight excluding hydrogens is 901 g/mol. The second-order valence-corrected chi connectivity index (χ2v) is 21.2. The maximum absolute atomic E-state index is 6.68. The van der Waals surface area contributed by atoms with E-state index >= 15 is 0 Å². The van der Waals surface area contributed by atoms with Crippen LogP contribution in [0.3, 0.4) is 0 Å². The van der Waals surface area contributed by atoms with E-state index in [0.29, 0.717) is 39.6 Å². The van der Waals surface area contributed by atoms with Crippen molar-refractivity contribution in [1.29, 1.82) is 0 Å². The van der Waals surface area contributed by atoms with Gasteiger partial charge in [0.05, 0.1) is 39.6 Å². The van der Waals surface area contributed by atoms with Crippen molar-refractivity contribution >= 4 is 11.3 Å². The van der Waals surface area contributed by atoms with Crippen molar-refractivity contribution in [3.05, 3.63) is 24.3 Å². The fraction of sp³-hybridized carbons (Fsp3) is 0.774. The van der Waals surface area contributed by atoms with Crippen molar-refractivity contribution < 1.29 is 28.4 Å². The summed E-state index contributed by atoms with van der Waals surface area (Å²) in [5.41, 5.74) is 1.85. The van der Waals surface area contributed by atoms with E-state index in [9.17, 15) is 0 Å². The molecule has 71 heavy (non-hydrogen) atoms. The van der Waals surface area contributed by atoms with Gasteiger partial charge in [-0.2, -0.15) is 0 Å². The smallest absolute Gasteiger partial charge is 0.203 e. The molecule has 1 aromatic heterocycles. The minimum atomic E-state index is 0.636. The molecule has 2 aromatic carbocycles. The Morgan fingerprint density at radius 2 is 0.465 bits per heavy atom. The Balaban J connectivity index is 2.01. The molecule has 3 rings (SSSR count). The Morgan fingerprint density at radius 3 is 0.690 bits per heavy atom. The number of unbranched alkanes of at least 4 members (excludes halogenated alkanes) is 30. The van der Waals surface area contributed by atoms with Gasteiger partial charge < -0.3 is 28.4 Å². The highest BCUT2D eigenvalue weighted by Crippen LogP contribution is 2.46. The SMILES string of the molecule is CCCCCCCCOc1cc(-c2nnc(-c3cc(OCCCCCCCC)c(OCCCCCCCC)c(OCCCCCCCC)c3)s2)cc(OCCCCCCCC)c1OCCCCCCCC. The van der Waals surface area contributed by atoms with Crippen molar-refractivity contribution in [2.24, 2.45) is 0 Å². The summed E-state index contributed by atoms with van der Waals surface area (Å²) >= 11 is 1.58. The molecule has 0 amide bonds. The minimum Gasteiger partial charge on any atom is -0.490 e. The first kappa shape index (κ1) is 62.1. The van der Waals surface area contributed by atoms with Crippen LogP contribution in [0.1, 0.15) is 273 Å². The lowest BCUT2D eigenvalue weighted by atomic mass is 10.1. The largest absolute Gasteiger partial charge is 0.490 e. The predicted molar refractivity (Wildman–Crippen MR) is 304 cm³/mol. The third-order valence-corrected chi connectivity index (χ3v) is 14.5. The molecule has 1 heterocycles. The average Bonchev–Trinajstić information content (AvgIpc) is 3.88. The molecule has 0 fully saturated rings. The number of aromatic nitrogens is 2. The van der Waals surface area contributed by atoms with Crippen LogP contribution in [-0.4, -0.2) is 49.8 Å². The summed E-state index contributed by atoms with van der Waals surface area (Å²) in [6.45, 7) is 17.4. The molecule has 0 bridgehead atoms. The van der Waals surface area contributed by atoms with E-state index < -0.39 is 0 Å². The Kier molecular flexibility index (Phi) is 37.8. The average molecular weight is 1010 g/mol. The van der Waals surface area contributed by atoms with Gasteiger partial charge in [0.1, 0.15) is 10.0 Å². The summed E-state index contributed by atoms with van der Waals surface area (Å²) < 4.78 is 40.1. The fourth-order valence-electron chi connectivity index (χ4n) is 8.94. The predicted octanol–water partition coefficient (Wildman–Crippen LogP) is 20.3. The van der Waals surface area contributed by atoms with Crippen LogP contribution < -0.4 is 28.4 Å². The Hall–Kier alpha value is -3.20. The van der Waals surface area contributed by atoms with E-state index in [4.69, 9.17) is 38.6 Å². The first-order chi connectivity index (χ1) is 35.1. The first-order valence-electron chi connectivity index (χ1n) is 30.1. The topological polar surface area (TPSA) is 81.2 Å². The monoisotopic (exact) mass is 1010 g/mol. The number of rotatable bonds is 50. The van der Waals surface area contributed by atoms with E-state index in [1.54, 1.807) is 11.3 Å². The van der Waals surface area contributed by atoms with Crippen LogP contribution in [0.5, 0.6) is 34.5 Å². The highest BCUT2D eigenvalue weighted by Gasteiger charge is 2.22. The second kappa shape index (κ2) is 43.2. The fourth-order valence-corrected chi connectivity index (χ4v) is 9.76. The van der Waals surface area contributed by atoms with E-state index in [0.717, 1.165) is 133 Å². The summed E-state index contributed by atoms with van der Waals surface area (Å²) in [6.07, 6.45) is 43.4. The highest BCUT2D eigenvalue weighted by molar-refractivity contribution is 7.17. The molecule has 8 nitrogen and oxygen atoms in total. The molecule has 3 aromatic rings. The van der Waals surface area contributed by atoms with Gasteiger partial charge >= 0.3 is 0 Å². The first-order valence-corrected chi connectivity index (χ1v) is 30.9. The lowest BCUT2D eigenvalue weighted by Gasteiger charge is -2.19. The molecule has 0 aliphatic carbocycles. The normalized spacial score (nSPS) is 11.4. The third kappa shape index (κ3) is 28.2. The Labute approximate surface area is 440 Å². The molecule has 0 aliphatic heterocycles. The van der Waals surface area contributed by atoms with Gasteiger partial charge in [-0.05, 0) is 62.8 Å². The molecular formula is C62H106N2O6S. The summed E-state index contributed by atoms with van der Waals surface area (Å²) in [5.74, 6) is 4.39. The van der Waals surface area contributed by atoms with Gasteiger partial charge in [0, 0.05) is 11.1 Å². The molecule has 0 spiro atoms. The Morgan fingerprint density at radius 1 is 0.268 bits per heavy atom. The van der Waals surface area contributed by atoms with Crippen molar-refractivity contribution in [2.75, 3.05) is 39.6 Å². The van der Waals surface area contributed by atoms with Crippen LogP contribution in [0.4, 0.5) is 0 Å². The van der Waals surface area contributed by atoms with Crippen LogP contribution in [0, 0.1) is 0 Å². The van der Waals surface area contributed by atoms with Crippen LogP contribution in [0.25, 0.3) is 21.1 Å². The lowest BCUT2D eigenvalue weighted by molar-refractivity contribution is 0.234. The highest BCUT2D eigenvalue weighted by atomic mass is 32.1. The summed E-state index contributed by atoms with van der Waals surface area (Å²) in [5, 5.41) is 11.3. The number of hydrogen-bond donors (Lipinski definition) is 0. The van der Waals surface area contributed by atoms with Gasteiger partial charge in [0.2, 0.25) is 11.5 Å². The number of nitrogens with zero attached hydrogens (tertiary/aromatic N) is 2. The van der Waals surface area contributed by atoms with Crippen LogP contribution >= 0.6 is 11.3 Å². The summed E-state index contributed by atoms with van der Waals surface area (Å²) in [6, 6.07) is 8.44. The van der Waals surface area contributed by atoms with Crippen LogP contribution in [0.15, 0.2) is 24.3 Å². The van der Waals surface area contributed by atoms with Crippen molar-refractivity contribution in [2.45, 2.75) is 273 Å². The molecule has 9 heteroatoms. The number of benzene rings is 2. The van der Waals surface area contributed by atoms with Crippen molar-refractivity contribution in [3.8, 4) is 55.6 Å². The molecule has 406 valence electrons. The quantitative estimate of drug-likeness (QED) is 0.0518. The van der Waals surface area contributed by atoms with Crippen LogP contribution in [0.2, 0.25) is 0 Å². The standard InChI is InChI=1S/C62H106N2O6S/c1-7-13-19-25-31-37-43-65-55-49-53(50-56(66-44-38-32-26-20-14-8-2)59(55)69-47-41-35-29-23-17-11-5)61-63-64-62(71-61)54-51-57(67-45-39-33-27-21-15-9-3)60(70-48-42-36-30-24-18-12-6)58(52-54)68-46-40-34-28-22-16-10-4/h49-52H,7-48H2,1-6H3. The van der Waals surface area contributed by atoms with E-state index in [1.807, 2.05) is 0 Å². The molecule has 0 aliphatic rings. The zero-order valence-electron chi connectivity index (χ0n) is 46.8. The number of ether oxygens (including phenoxy) is 6. The van der Waals surface area contributed by atoms with Gasteiger partial charge in [-0.1, -0.05) is 246 Å². The minimum absolute atomic E-state index is 0.636. The van der Waals surface area contributed by atoms with E-state index in [-0.39, 0.29) is 0 Å². The molecule has 0 atom stereocenters. The second-order valence-electron chi connectivity index (χ2n) is 20.2. The molecule has 0 unspecified atom stereocenters. The summed E-state index contributed by atoms with van der Waals surface area (Å²) in [4.78, 5) is 0. The van der Waals surface area contributed by atoms with Gasteiger partial charge in [0.15, 0.2) is 23.0 Å². The van der Waals surface area contributed by atoms with Crippen molar-refractivity contribution in [1.82, 2.24) is 10.2 Å². The summed E-state index contributed by atoms with van der Waals surface area (Å²) in [7, 11) is 0. The van der Waals surface area contributed by atoms with Gasteiger partial charge in [-0.15, -0.1) is 10.2 Å². The molecule has 0 saturated heterocycles. The maximum atomic E-state index is 6.68. The Bertz CT molecular complexity index is 1500. The maximum Gasteiger partial charge on any atom is 0.203 e. The lowest BCUT2D eigenvalue weighted by Crippen LogP contribution is -2.06. The van der Waals surface area contributed by atoms with Gasteiger partial charge in [-0.25, -0.2) is 0 Å². The molecule has 0 saturated carbocycles. The van der Waals surface area contributed by atoms with Crippen molar-refractivity contribution in [3.63, 3.8) is 0 Å². The molecule has 0 N–H and O–H groups in total. The van der Waals surface area contributed by atoms with E-state index in [1.165, 1.54) is 154 Å². The van der Waals surface area contributed by atoms with Gasteiger partial charge in [0.25, 0.3) is 0 Å². The molecule has 0 radical (unpaired) electrons. The van der Waals surface area contributed by atoms with Crippen LogP contribution in [-0.2, 0) is 0 Å².